The number of nitrogens with two attached hydrogens (primary N) is 1. The molecule has 0 radical (unpaired) electrons. The number of nitrogens with zero attached hydrogens (tertiary/aromatic N) is 2. The van der Waals surface area contributed by atoms with E-state index in [1.807, 2.05) is 6.33 Å². The van der Waals surface area contributed by atoms with E-state index in [0.29, 0.717) is 6.54 Å². The van der Waals surface area contributed by atoms with Crippen LogP contribution in [0, 0.1) is 20.8 Å². The van der Waals surface area contributed by atoms with E-state index in [4.69, 9.17) is 5.73 Å². The van der Waals surface area contributed by atoms with Crippen LogP contribution < -0.4 is 5.73 Å². The zero-order valence-corrected chi connectivity index (χ0v) is 12.8. The van der Waals surface area contributed by atoms with Crippen LogP contribution in [0.4, 0.5) is 0 Å². The Morgan fingerprint density at radius 2 is 1.71 bits per heavy atom. The van der Waals surface area contributed by atoms with Crippen LogP contribution in [0.1, 0.15) is 28.3 Å². The van der Waals surface area contributed by atoms with Crippen LogP contribution in [0.25, 0.3) is 11.0 Å². The fraction of sp³-hybridized carbons (Fsp3) is 0.278. The van der Waals surface area contributed by atoms with Crippen molar-refractivity contribution in [2.24, 2.45) is 5.73 Å². The quantitative estimate of drug-likeness (QED) is 0.797. The molecule has 0 fully saturated rings. The van der Waals surface area contributed by atoms with Gasteiger partial charge in [0.2, 0.25) is 0 Å². The molecule has 1 unspecified atom stereocenters. The van der Waals surface area contributed by atoms with Crippen molar-refractivity contribution in [1.82, 2.24) is 9.55 Å². The lowest BCUT2D eigenvalue weighted by Crippen LogP contribution is -2.19. The normalized spacial score (nSPS) is 12.8. The number of aryl methyl sites for hydroxylation is 3. The van der Waals surface area contributed by atoms with Gasteiger partial charge in [-0.1, -0.05) is 29.8 Å². The monoisotopic (exact) mass is 279 g/mol. The average molecular weight is 279 g/mol. The Bertz CT molecular complexity index is 769. The Kier molecular flexibility index (Phi) is 3.52. The molecule has 0 aliphatic heterocycles. The molecule has 2 N–H and O–H groups in total. The minimum absolute atomic E-state index is 0.123. The molecule has 1 aromatic heterocycles. The second-order valence-electron chi connectivity index (χ2n) is 5.74. The van der Waals surface area contributed by atoms with E-state index in [1.165, 1.54) is 22.3 Å². The van der Waals surface area contributed by atoms with Crippen LogP contribution >= 0.6 is 0 Å². The van der Waals surface area contributed by atoms with Gasteiger partial charge in [-0.25, -0.2) is 4.98 Å². The van der Waals surface area contributed by atoms with E-state index in [1.54, 1.807) is 0 Å². The number of imidazole rings is 1. The van der Waals surface area contributed by atoms with Crippen LogP contribution in [0.5, 0.6) is 0 Å². The second kappa shape index (κ2) is 5.34. The Hall–Kier alpha value is -2.13. The van der Waals surface area contributed by atoms with Crippen molar-refractivity contribution < 1.29 is 0 Å². The number of hydrogen-bond acceptors (Lipinski definition) is 2. The van der Waals surface area contributed by atoms with Gasteiger partial charge in [0, 0.05) is 6.54 Å². The van der Waals surface area contributed by atoms with Gasteiger partial charge >= 0.3 is 0 Å². The Balaban J connectivity index is 2.13. The third-order valence-corrected chi connectivity index (χ3v) is 4.21. The molecule has 21 heavy (non-hydrogen) atoms. The molecule has 0 aliphatic carbocycles. The van der Waals surface area contributed by atoms with Gasteiger partial charge in [0.1, 0.15) is 0 Å². The predicted molar refractivity (Wildman–Crippen MR) is 87.6 cm³/mol. The highest BCUT2D eigenvalue weighted by Gasteiger charge is 2.15. The van der Waals surface area contributed by atoms with Crippen molar-refractivity contribution >= 4 is 11.0 Å². The lowest BCUT2D eigenvalue weighted by molar-refractivity contribution is 0.610. The highest BCUT2D eigenvalue weighted by atomic mass is 15.1. The Morgan fingerprint density at radius 3 is 2.38 bits per heavy atom. The first kappa shape index (κ1) is 13.8. The zero-order chi connectivity index (χ0) is 15.0. The van der Waals surface area contributed by atoms with E-state index in [-0.39, 0.29) is 6.04 Å². The van der Waals surface area contributed by atoms with E-state index in [0.717, 1.165) is 11.0 Å². The van der Waals surface area contributed by atoms with Crippen molar-refractivity contribution in [3.63, 3.8) is 0 Å². The maximum absolute atomic E-state index is 6.04. The summed E-state index contributed by atoms with van der Waals surface area (Å²) in [4.78, 5) is 4.54. The first-order valence-electron chi connectivity index (χ1n) is 7.30. The standard InChI is InChI=1S/C18H21N3/c1-12-4-6-15(7-5-12)18(10-19)21-11-20-16-8-13(2)14(3)9-17(16)21/h4-9,11,18H,10,19H2,1-3H3. The third-order valence-electron chi connectivity index (χ3n) is 4.21. The predicted octanol–water partition coefficient (Wildman–Crippen LogP) is 3.51. The summed E-state index contributed by atoms with van der Waals surface area (Å²) in [5, 5.41) is 0. The van der Waals surface area contributed by atoms with Crippen molar-refractivity contribution in [3.05, 3.63) is 65.0 Å². The smallest absolute Gasteiger partial charge is 0.0964 e. The first-order chi connectivity index (χ1) is 10.1. The molecule has 0 aliphatic rings. The number of aromatic nitrogens is 2. The van der Waals surface area contributed by atoms with Gasteiger partial charge in [0.05, 0.1) is 23.4 Å². The van der Waals surface area contributed by atoms with E-state index in [2.05, 4.69) is 66.7 Å². The molecular weight excluding hydrogens is 258 g/mol. The van der Waals surface area contributed by atoms with E-state index >= 15 is 0 Å². The number of benzene rings is 2. The molecule has 3 rings (SSSR count). The molecule has 0 amide bonds. The zero-order valence-electron chi connectivity index (χ0n) is 12.8. The molecule has 0 spiro atoms. The van der Waals surface area contributed by atoms with Gasteiger partial charge in [-0.3, -0.25) is 0 Å². The van der Waals surface area contributed by atoms with Crippen molar-refractivity contribution in [2.75, 3.05) is 6.54 Å². The minimum atomic E-state index is 0.123. The van der Waals surface area contributed by atoms with Crippen molar-refractivity contribution in [3.8, 4) is 0 Å². The third kappa shape index (κ3) is 2.45. The molecule has 0 bridgehead atoms. The van der Waals surface area contributed by atoms with Crippen LogP contribution in [0.15, 0.2) is 42.7 Å². The van der Waals surface area contributed by atoms with Crippen LogP contribution in [-0.2, 0) is 0 Å². The number of rotatable bonds is 3. The highest BCUT2D eigenvalue weighted by Crippen LogP contribution is 2.25. The Morgan fingerprint density at radius 1 is 1.05 bits per heavy atom. The molecule has 3 aromatic rings. The van der Waals surface area contributed by atoms with Gasteiger partial charge in [0.25, 0.3) is 0 Å². The van der Waals surface area contributed by atoms with Crippen LogP contribution in [0.2, 0.25) is 0 Å². The van der Waals surface area contributed by atoms with Crippen molar-refractivity contribution in [2.45, 2.75) is 26.8 Å². The molecule has 108 valence electrons. The summed E-state index contributed by atoms with van der Waals surface area (Å²) in [5.41, 5.74) is 13.3. The molecule has 2 aromatic carbocycles. The lowest BCUT2D eigenvalue weighted by Gasteiger charge is -2.18. The summed E-state index contributed by atoms with van der Waals surface area (Å²) in [7, 11) is 0. The molecule has 3 nitrogen and oxygen atoms in total. The lowest BCUT2D eigenvalue weighted by atomic mass is 10.0. The molecule has 3 heteroatoms. The maximum atomic E-state index is 6.04. The largest absolute Gasteiger partial charge is 0.328 e. The molecular formula is C18H21N3. The fourth-order valence-electron chi connectivity index (χ4n) is 2.73. The van der Waals surface area contributed by atoms with E-state index in [9.17, 15) is 0 Å². The first-order valence-corrected chi connectivity index (χ1v) is 7.30. The molecule has 0 saturated carbocycles. The summed E-state index contributed by atoms with van der Waals surface area (Å²) in [5.74, 6) is 0. The summed E-state index contributed by atoms with van der Waals surface area (Å²) in [6.07, 6.45) is 1.90. The molecule has 0 saturated heterocycles. The van der Waals surface area contributed by atoms with E-state index < -0.39 is 0 Å². The number of fused-ring (bicyclic) bond motifs is 1. The minimum Gasteiger partial charge on any atom is -0.328 e. The summed E-state index contributed by atoms with van der Waals surface area (Å²) in [6, 6.07) is 13.0. The topological polar surface area (TPSA) is 43.8 Å². The molecule has 1 heterocycles. The summed E-state index contributed by atoms with van der Waals surface area (Å²) < 4.78 is 2.19. The van der Waals surface area contributed by atoms with Gasteiger partial charge in [-0.2, -0.15) is 0 Å². The van der Waals surface area contributed by atoms with Crippen LogP contribution in [-0.4, -0.2) is 16.1 Å². The fourth-order valence-corrected chi connectivity index (χ4v) is 2.73. The average Bonchev–Trinajstić information content (AvgIpc) is 2.85. The molecule has 1 atom stereocenters. The van der Waals surface area contributed by atoms with Crippen LogP contribution in [0.3, 0.4) is 0 Å². The Labute approximate surface area is 125 Å². The number of hydrogen-bond donors (Lipinski definition) is 1. The maximum Gasteiger partial charge on any atom is 0.0964 e. The van der Waals surface area contributed by atoms with Crippen molar-refractivity contribution in [1.29, 1.82) is 0 Å². The SMILES string of the molecule is Cc1ccc(C(CN)n2cnc3cc(C)c(C)cc32)cc1. The summed E-state index contributed by atoms with van der Waals surface area (Å²) >= 11 is 0. The second-order valence-corrected chi connectivity index (χ2v) is 5.74. The van der Waals surface area contributed by atoms with Gasteiger partial charge in [-0.15, -0.1) is 0 Å². The summed E-state index contributed by atoms with van der Waals surface area (Å²) in [6.45, 7) is 6.91. The van der Waals surface area contributed by atoms with Gasteiger partial charge in [0.15, 0.2) is 0 Å². The highest BCUT2D eigenvalue weighted by molar-refractivity contribution is 5.77. The van der Waals surface area contributed by atoms with Gasteiger partial charge < -0.3 is 10.3 Å². The van der Waals surface area contributed by atoms with Gasteiger partial charge in [-0.05, 0) is 49.6 Å².